The van der Waals surface area contributed by atoms with E-state index >= 15 is 0 Å². The predicted octanol–water partition coefficient (Wildman–Crippen LogP) is -0.498. The fourth-order valence-electron chi connectivity index (χ4n) is 1.15. The molecular weight excluding hydrogens is 128 g/mol. The first kappa shape index (κ1) is 5.85. The highest BCUT2D eigenvalue weighted by molar-refractivity contribution is 5.02. The summed E-state index contributed by atoms with van der Waals surface area (Å²) in [6, 6.07) is 0. The highest BCUT2D eigenvalue weighted by Crippen LogP contribution is 2.15. The van der Waals surface area contributed by atoms with Crippen molar-refractivity contribution in [1.82, 2.24) is 20.1 Å². The Morgan fingerprint density at radius 1 is 1.70 bits per heavy atom. The van der Waals surface area contributed by atoms with Crippen molar-refractivity contribution in [3.63, 3.8) is 0 Å². The van der Waals surface area contributed by atoms with E-state index < -0.39 is 0 Å². The average Bonchev–Trinajstić information content (AvgIpc) is 2.12. The molecule has 54 valence electrons. The van der Waals surface area contributed by atoms with Crippen LogP contribution in [0.3, 0.4) is 0 Å². The Balaban J connectivity index is 2.23. The van der Waals surface area contributed by atoms with Crippen molar-refractivity contribution in [2.75, 3.05) is 13.1 Å². The summed E-state index contributed by atoms with van der Waals surface area (Å²) in [4.78, 5) is 4.15. The maximum Gasteiger partial charge on any atom is 0.138 e. The third-order valence-corrected chi connectivity index (χ3v) is 1.89. The molecule has 1 saturated heterocycles. The van der Waals surface area contributed by atoms with Crippen molar-refractivity contribution in [3.05, 3.63) is 12.2 Å². The Bertz CT molecular complexity index is 225. The van der Waals surface area contributed by atoms with Gasteiger partial charge in [0.1, 0.15) is 12.2 Å². The van der Waals surface area contributed by atoms with Gasteiger partial charge in [0.2, 0.25) is 0 Å². The standard InChI is InChI=1S/C6H10N4/c1-10-6(8-4-9-10)5-2-7-3-5/h4-5,7H,2-3H2,1H3. The van der Waals surface area contributed by atoms with Crippen LogP contribution in [-0.4, -0.2) is 27.9 Å². The van der Waals surface area contributed by atoms with Crippen LogP contribution >= 0.6 is 0 Å². The topological polar surface area (TPSA) is 42.7 Å². The molecule has 0 spiro atoms. The molecule has 2 heterocycles. The molecule has 0 bridgehead atoms. The lowest BCUT2D eigenvalue weighted by Crippen LogP contribution is -2.41. The third-order valence-electron chi connectivity index (χ3n) is 1.89. The Morgan fingerprint density at radius 3 is 2.90 bits per heavy atom. The van der Waals surface area contributed by atoms with Gasteiger partial charge in [0.15, 0.2) is 0 Å². The van der Waals surface area contributed by atoms with Crippen molar-refractivity contribution >= 4 is 0 Å². The zero-order valence-corrected chi connectivity index (χ0v) is 5.91. The molecule has 0 amide bonds. The van der Waals surface area contributed by atoms with Crippen LogP contribution in [0.25, 0.3) is 0 Å². The van der Waals surface area contributed by atoms with Crippen molar-refractivity contribution in [2.24, 2.45) is 7.05 Å². The van der Waals surface area contributed by atoms with Gasteiger partial charge in [-0.05, 0) is 0 Å². The van der Waals surface area contributed by atoms with Gasteiger partial charge >= 0.3 is 0 Å². The van der Waals surface area contributed by atoms with Gasteiger partial charge in [-0.25, -0.2) is 4.98 Å². The molecule has 10 heavy (non-hydrogen) atoms. The lowest BCUT2D eigenvalue weighted by atomic mass is 10.0. The van der Waals surface area contributed by atoms with E-state index in [0.717, 1.165) is 18.9 Å². The Kier molecular flexibility index (Phi) is 1.20. The highest BCUT2D eigenvalue weighted by Gasteiger charge is 2.22. The van der Waals surface area contributed by atoms with Gasteiger partial charge in [-0.2, -0.15) is 5.10 Å². The van der Waals surface area contributed by atoms with Gasteiger partial charge in [0, 0.05) is 26.1 Å². The molecule has 1 aromatic rings. The van der Waals surface area contributed by atoms with Crippen LogP contribution in [0, 0.1) is 0 Å². The summed E-state index contributed by atoms with van der Waals surface area (Å²) >= 11 is 0. The molecule has 1 aromatic heterocycles. The van der Waals surface area contributed by atoms with Gasteiger partial charge in [-0.1, -0.05) is 0 Å². The molecule has 1 N–H and O–H groups in total. The Hall–Kier alpha value is -0.900. The van der Waals surface area contributed by atoms with E-state index in [1.807, 2.05) is 11.7 Å². The fraction of sp³-hybridized carbons (Fsp3) is 0.667. The number of nitrogens with zero attached hydrogens (tertiary/aromatic N) is 3. The molecule has 2 rings (SSSR count). The van der Waals surface area contributed by atoms with E-state index in [4.69, 9.17) is 0 Å². The highest BCUT2D eigenvalue weighted by atomic mass is 15.3. The Labute approximate surface area is 59.3 Å². The molecular formula is C6H10N4. The van der Waals surface area contributed by atoms with Crippen LogP contribution in [-0.2, 0) is 7.05 Å². The zero-order chi connectivity index (χ0) is 6.97. The van der Waals surface area contributed by atoms with Crippen LogP contribution in [0.2, 0.25) is 0 Å². The SMILES string of the molecule is Cn1ncnc1C1CNC1. The van der Waals surface area contributed by atoms with Crippen molar-refractivity contribution in [2.45, 2.75) is 5.92 Å². The van der Waals surface area contributed by atoms with Crippen LogP contribution in [0.5, 0.6) is 0 Å². The van der Waals surface area contributed by atoms with Gasteiger partial charge in [0.25, 0.3) is 0 Å². The maximum absolute atomic E-state index is 4.15. The van der Waals surface area contributed by atoms with Crippen LogP contribution in [0.15, 0.2) is 6.33 Å². The number of hydrogen-bond donors (Lipinski definition) is 1. The predicted molar refractivity (Wildman–Crippen MR) is 36.6 cm³/mol. The number of nitrogens with one attached hydrogen (secondary N) is 1. The molecule has 0 unspecified atom stereocenters. The maximum atomic E-state index is 4.15. The fourth-order valence-corrected chi connectivity index (χ4v) is 1.15. The van der Waals surface area contributed by atoms with Crippen LogP contribution in [0.1, 0.15) is 11.7 Å². The largest absolute Gasteiger partial charge is 0.315 e. The summed E-state index contributed by atoms with van der Waals surface area (Å²) in [7, 11) is 1.93. The quantitative estimate of drug-likeness (QED) is 0.569. The minimum absolute atomic E-state index is 0.590. The van der Waals surface area contributed by atoms with Gasteiger partial charge in [-0.15, -0.1) is 0 Å². The van der Waals surface area contributed by atoms with Gasteiger partial charge in [-0.3, -0.25) is 4.68 Å². The lowest BCUT2D eigenvalue weighted by molar-refractivity contribution is 0.416. The Morgan fingerprint density at radius 2 is 2.50 bits per heavy atom. The first-order valence-corrected chi connectivity index (χ1v) is 3.42. The smallest absolute Gasteiger partial charge is 0.138 e. The second-order valence-corrected chi connectivity index (χ2v) is 2.60. The van der Waals surface area contributed by atoms with Crippen LogP contribution in [0.4, 0.5) is 0 Å². The van der Waals surface area contributed by atoms with Crippen LogP contribution < -0.4 is 5.32 Å². The summed E-state index contributed by atoms with van der Waals surface area (Å²) in [5.74, 6) is 1.69. The molecule has 1 aliphatic rings. The second kappa shape index (κ2) is 2.05. The molecule has 4 heteroatoms. The number of aryl methyl sites for hydroxylation is 1. The van der Waals surface area contributed by atoms with E-state index in [1.165, 1.54) is 0 Å². The summed E-state index contributed by atoms with van der Waals surface area (Å²) in [6.07, 6.45) is 1.60. The van der Waals surface area contributed by atoms with E-state index in [2.05, 4.69) is 15.4 Å². The molecule has 0 aliphatic carbocycles. The van der Waals surface area contributed by atoms with E-state index in [-0.39, 0.29) is 0 Å². The summed E-state index contributed by atoms with van der Waals surface area (Å²) in [6.45, 7) is 2.10. The summed E-state index contributed by atoms with van der Waals surface area (Å²) < 4.78 is 1.84. The summed E-state index contributed by atoms with van der Waals surface area (Å²) in [5, 5.41) is 7.19. The van der Waals surface area contributed by atoms with E-state index in [1.54, 1.807) is 6.33 Å². The number of hydrogen-bond acceptors (Lipinski definition) is 3. The minimum Gasteiger partial charge on any atom is -0.315 e. The molecule has 1 fully saturated rings. The normalized spacial score (nSPS) is 18.9. The van der Waals surface area contributed by atoms with E-state index in [9.17, 15) is 0 Å². The molecule has 0 aromatic carbocycles. The molecule has 0 saturated carbocycles. The van der Waals surface area contributed by atoms with Crippen molar-refractivity contribution < 1.29 is 0 Å². The lowest BCUT2D eigenvalue weighted by Gasteiger charge is -2.25. The van der Waals surface area contributed by atoms with Crippen molar-refractivity contribution in [3.8, 4) is 0 Å². The first-order chi connectivity index (χ1) is 4.88. The van der Waals surface area contributed by atoms with E-state index in [0.29, 0.717) is 5.92 Å². The second-order valence-electron chi connectivity index (χ2n) is 2.60. The molecule has 4 nitrogen and oxygen atoms in total. The third kappa shape index (κ3) is 0.724. The van der Waals surface area contributed by atoms with Gasteiger partial charge < -0.3 is 5.32 Å². The molecule has 1 aliphatic heterocycles. The molecule has 0 radical (unpaired) electrons. The zero-order valence-electron chi connectivity index (χ0n) is 5.91. The number of aromatic nitrogens is 3. The molecule has 0 atom stereocenters. The summed E-state index contributed by atoms with van der Waals surface area (Å²) in [5.41, 5.74) is 0. The van der Waals surface area contributed by atoms with Crippen molar-refractivity contribution in [1.29, 1.82) is 0 Å². The van der Waals surface area contributed by atoms with Gasteiger partial charge in [0.05, 0.1) is 0 Å². The average molecular weight is 138 g/mol. The monoisotopic (exact) mass is 138 g/mol. The minimum atomic E-state index is 0.590. The number of rotatable bonds is 1. The first-order valence-electron chi connectivity index (χ1n) is 3.42.